The van der Waals surface area contributed by atoms with Gasteiger partial charge in [0.1, 0.15) is 6.33 Å². The van der Waals surface area contributed by atoms with Crippen molar-refractivity contribution in [2.45, 2.75) is 77.3 Å². The third-order valence-electron chi connectivity index (χ3n) is 8.58. The van der Waals surface area contributed by atoms with E-state index < -0.39 is 0 Å². The average Bonchev–Trinajstić information content (AvgIpc) is 3.27. The molecular formula is C25H34N6O. The van der Waals surface area contributed by atoms with Gasteiger partial charge in [-0.1, -0.05) is 18.1 Å². The smallest absolute Gasteiger partial charge is 0.223 e. The molecule has 3 fully saturated rings. The molecule has 1 aliphatic carbocycles. The molecule has 0 N–H and O–H groups in total. The average molecular weight is 435 g/mol. The first kappa shape index (κ1) is 20.3. The first-order valence-corrected chi connectivity index (χ1v) is 12.5. The summed E-state index contributed by atoms with van der Waals surface area (Å²) in [5.74, 6) is 1.62. The lowest BCUT2D eigenvalue weighted by Crippen LogP contribution is -2.60. The van der Waals surface area contributed by atoms with Gasteiger partial charge in [0.05, 0.1) is 11.7 Å². The number of nitrogens with zero attached hydrogens (tertiary/aromatic N) is 6. The fourth-order valence-corrected chi connectivity index (χ4v) is 7.18. The van der Waals surface area contributed by atoms with Gasteiger partial charge in [-0.25, -0.2) is 4.52 Å². The maximum absolute atomic E-state index is 13.5. The molecule has 2 aromatic heterocycles. The summed E-state index contributed by atoms with van der Waals surface area (Å²) in [6, 6.07) is 1.08. The number of amides is 1. The van der Waals surface area contributed by atoms with Crippen LogP contribution >= 0.6 is 0 Å². The number of aryl methyl sites for hydroxylation is 2. The normalized spacial score (nSPS) is 30.1. The Morgan fingerprint density at radius 3 is 3.00 bits per heavy atom. The summed E-state index contributed by atoms with van der Waals surface area (Å²) in [6.45, 7) is 7.42. The standard InChI is InChI=1S/C25H34N6O/c1-16-21(17(2)28-31-15-26-27-25(16)31)8-9-23(32)30-11-5-6-18-12-19-13-20(24(18)30)14-29-10-4-3-7-22(19)29/h12,15,19-20,22,24H,3-11,13-14H2,1-2H3/t19-,20+,22-,24+/m0/s1. The van der Waals surface area contributed by atoms with Crippen molar-refractivity contribution in [3.05, 3.63) is 34.8 Å². The van der Waals surface area contributed by atoms with E-state index in [4.69, 9.17) is 0 Å². The molecule has 4 aliphatic rings. The number of hydrogen-bond donors (Lipinski definition) is 0. The molecule has 7 heteroatoms. The highest BCUT2D eigenvalue weighted by molar-refractivity contribution is 5.78. The summed E-state index contributed by atoms with van der Waals surface area (Å²) in [4.78, 5) is 18.5. The van der Waals surface area contributed by atoms with Gasteiger partial charge in [-0.3, -0.25) is 9.69 Å². The van der Waals surface area contributed by atoms with Crippen LogP contribution in [-0.4, -0.2) is 67.2 Å². The third kappa shape index (κ3) is 3.28. The van der Waals surface area contributed by atoms with E-state index in [1.807, 2.05) is 6.92 Å². The highest BCUT2D eigenvalue weighted by Crippen LogP contribution is 2.45. The van der Waals surface area contributed by atoms with E-state index in [0.29, 0.717) is 30.2 Å². The van der Waals surface area contributed by atoms with E-state index >= 15 is 0 Å². The highest BCUT2D eigenvalue weighted by Gasteiger charge is 2.46. The van der Waals surface area contributed by atoms with Gasteiger partial charge in [0.25, 0.3) is 0 Å². The van der Waals surface area contributed by atoms with E-state index in [9.17, 15) is 4.79 Å². The number of carbonyl (C=O) groups is 1. The van der Waals surface area contributed by atoms with Crippen LogP contribution in [0.5, 0.6) is 0 Å². The molecule has 32 heavy (non-hydrogen) atoms. The van der Waals surface area contributed by atoms with E-state index in [2.05, 4.69) is 38.1 Å². The van der Waals surface area contributed by atoms with Crippen molar-refractivity contribution >= 4 is 11.6 Å². The molecule has 0 unspecified atom stereocenters. The van der Waals surface area contributed by atoms with Crippen molar-refractivity contribution in [3.63, 3.8) is 0 Å². The molecule has 3 aliphatic heterocycles. The number of hydrogen-bond acceptors (Lipinski definition) is 5. The van der Waals surface area contributed by atoms with Crippen molar-refractivity contribution in [2.24, 2.45) is 11.8 Å². The van der Waals surface area contributed by atoms with Crippen molar-refractivity contribution in [3.8, 4) is 0 Å². The molecule has 5 heterocycles. The highest BCUT2D eigenvalue weighted by atomic mass is 16.2. The molecule has 170 valence electrons. The Morgan fingerprint density at radius 2 is 2.09 bits per heavy atom. The predicted molar refractivity (Wildman–Crippen MR) is 122 cm³/mol. The molecule has 4 atom stereocenters. The molecule has 2 bridgehead atoms. The van der Waals surface area contributed by atoms with Crippen LogP contribution in [0.4, 0.5) is 0 Å². The predicted octanol–water partition coefficient (Wildman–Crippen LogP) is 3.10. The molecular weight excluding hydrogens is 400 g/mol. The summed E-state index contributed by atoms with van der Waals surface area (Å²) in [5.41, 5.74) is 5.55. The maximum Gasteiger partial charge on any atom is 0.223 e. The second-order valence-electron chi connectivity index (χ2n) is 10.4. The molecule has 1 amide bonds. The number of likely N-dealkylation sites (tertiary alicyclic amines) is 1. The van der Waals surface area contributed by atoms with Gasteiger partial charge in [-0.05, 0) is 76.3 Å². The van der Waals surface area contributed by atoms with Gasteiger partial charge in [0.2, 0.25) is 5.91 Å². The first-order valence-electron chi connectivity index (χ1n) is 12.5. The topological polar surface area (TPSA) is 66.6 Å². The van der Waals surface area contributed by atoms with Gasteiger partial charge in [-0.2, -0.15) is 5.10 Å². The zero-order chi connectivity index (χ0) is 21.8. The number of piperidine rings is 3. The monoisotopic (exact) mass is 434 g/mol. The van der Waals surface area contributed by atoms with E-state index in [-0.39, 0.29) is 0 Å². The largest absolute Gasteiger partial charge is 0.336 e. The Kier molecular flexibility index (Phi) is 5.05. The Labute approximate surface area is 189 Å². The fourth-order valence-electron chi connectivity index (χ4n) is 7.18. The van der Waals surface area contributed by atoms with Crippen LogP contribution < -0.4 is 0 Å². The molecule has 0 saturated carbocycles. The van der Waals surface area contributed by atoms with Crippen molar-refractivity contribution in [1.29, 1.82) is 0 Å². The second-order valence-corrected chi connectivity index (χ2v) is 10.4. The quantitative estimate of drug-likeness (QED) is 0.695. The summed E-state index contributed by atoms with van der Waals surface area (Å²) in [7, 11) is 0. The molecule has 6 rings (SSSR count). The lowest BCUT2D eigenvalue weighted by molar-refractivity contribution is -0.136. The summed E-state index contributed by atoms with van der Waals surface area (Å²) >= 11 is 0. The van der Waals surface area contributed by atoms with Crippen molar-refractivity contribution < 1.29 is 4.79 Å². The Morgan fingerprint density at radius 1 is 1.19 bits per heavy atom. The van der Waals surface area contributed by atoms with Crippen LogP contribution in [0, 0.1) is 25.7 Å². The number of carbonyl (C=O) groups excluding carboxylic acids is 1. The lowest BCUT2D eigenvalue weighted by Gasteiger charge is -2.54. The van der Waals surface area contributed by atoms with Crippen LogP contribution in [0.25, 0.3) is 5.65 Å². The third-order valence-corrected chi connectivity index (χ3v) is 8.58. The summed E-state index contributed by atoms with van der Waals surface area (Å²) in [6.07, 6.45) is 13.1. The van der Waals surface area contributed by atoms with Gasteiger partial charge in [-0.15, -0.1) is 10.2 Å². The van der Waals surface area contributed by atoms with E-state index in [1.54, 1.807) is 16.4 Å². The lowest BCUT2D eigenvalue weighted by atomic mass is 9.68. The summed E-state index contributed by atoms with van der Waals surface area (Å²) in [5, 5.41) is 12.8. The minimum atomic E-state index is 0.306. The maximum atomic E-state index is 13.5. The molecule has 0 radical (unpaired) electrons. The van der Waals surface area contributed by atoms with Crippen LogP contribution in [0.2, 0.25) is 0 Å². The van der Waals surface area contributed by atoms with E-state index in [1.165, 1.54) is 45.2 Å². The Bertz CT molecular complexity index is 1070. The van der Waals surface area contributed by atoms with Gasteiger partial charge in [0.15, 0.2) is 5.65 Å². The second kappa shape index (κ2) is 7.94. The zero-order valence-corrected chi connectivity index (χ0v) is 19.3. The molecule has 0 aromatic carbocycles. The minimum absolute atomic E-state index is 0.306. The summed E-state index contributed by atoms with van der Waals surface area (Å²) < 4.78 is 1.73. The van der Waals surface area contributed by atoms with Crippen molar-refractivity contribution in [2.75, 3.05) is 19.6 Å². The van der Waals surface area contributed by atoms with Crippen molar-refractivity contribution in [1.82, 2.24) is 29.6 Å². The molecule has 3 saturated heterocycles. The van der Waals surface area contributed by atoms with Crippen LogP contribution in [0.15, 0.2) is 18.0 Å². The number of fused-ring (bicyclic) bond motifs is 7. The number of aromatic nitrogens is 4. The minimum Gasteiger partial charge on any atom is -0.336 e. The van der Waals surface area contributed by atoms with Gasteiger partial charge < -0.3 is 4.90 Å². The molecule has 7 nitrogen and oxygen atoms in total. The van der Waals surface area contributed by atoms with Gasteiger partial charge >= 0.3 is 0 Å². The Hall–Kier alpha value is -2.28. The fraction of sp³-hybridized carbons (Fsp3) is 0.680. The van der Waals surface area contributed by atoms with Crippen LogP contribution in [0.1, 0.15) is 61.8 Å². The van der Waals surface area contributed by atoms with Crippen LogP contribution in [-0.2, 0) is 11.2 Å². The van der Waals surface area contributed by atoms with Crippen LogP contribution in [0.3, 0.4) is 0 Å². The first-order chi connectivity index (χ1) is 15.6. The van der Waals surface area contributed by atoms with E-state index in [0.717, 1.165) is 47.9 Å². The Balaban J connectivity index is 1.21. The SMILES string of the molecule is Cc1nn2cnnc2c(C)c1CCC(=O)N1CCCC2=C[C@H]3C[C@H](CN4CCCC[C@@H]34)[C@@H]21. The zero-order valence-electron chi connectivity index (χ0n) is 19.3. The molecule has 0 spiro atoms. The molecule has 2 aromatic rings. The number of rotatable bonds is 3. The van der Waals surface area contributed by atoms with Gasteiger partial charge in [0, 0.05) is 31.1 Å².